The van der Waals surface area contributed by atoms with Gasteiger partial charge in [-0.25, -0.2) is 0 Å². The first kappa shape index (κ1) is 12.8. The summed E-state index contributed by atoms with van der Waals surface area (Å²) in [5.41, 5.74) is 9.83. The summed E-state index contributed by atoms with van der Waals surface area (Å²) >= 11 is 0. The van der Waals surface area contributed by atoms with Crippen LogP contribution in [-0.4, -0.2) is 12.6 Å². The van der Waals surface area contributed by atoms with Gasteiger partial charge >= 0.3 is 0 Å². The summed E-state index contributed by atoms with van der Waals surface area (Å²) in [5, 5.41) is 0. The number of nitrogen functional groups attached to an aromatic ring is 1. The van der Waals surface area contributed by atoms with Crippen LogP contribution in [0.1, 0.15) is 51.0 Å². The van der Waals surface area contributed by atoms with Crippen molar-refractivity contribution in [2.75, 3.05) is 17.2 Å². The predicted molar refractivity (Wildman–Crippen MR) is 82.6 cm³/mol. The van der Waals surface area contributed by atoms with Crippen molar-refractivity contribution in [1.29, 1.82) is 0 Å². The monoisotopic (exact) mass is 258 g/mol. The van der Waals surface area contributed by atoms with Crippen molar-refractivity contribution in [3.05, 3.63) is 23.8 Å². The zero-order valence-electron chi connectivity index (χ0n) is 12.1. The van der Waals surface area contributed by atoms with E-state index in [9.17, 15) is 0 Å². The number of anilines is 2. The molecule has 19 heavy (non-hydrogen) atoms. The Balaban J connectivity index is 1.84. The molecule has 1 heterocycles. The lowest BCUT2D eigenvalue weighted by Gasteiger charge is -2.42. The summed E-state index contributed by atoms with van der Waals surface area (Å²) < 4.78 is 0. The Hall–Kier alpha value is -1.18. The van der Waals surface area contributed by atoms with Gasteiger partial charge in [0.1, 0.15) is 0 Å². The second-order valence-electron chi connectivity index (χ2n) is 6.28. The van der Waals surface area contributed by atoms with E-state index in [4.69, 9.17) is 5.73 Å². The number of rotatable bonds is 2. The van der Waals surface area contributed by atoms with Crippen LogP contribution in [0.4, 0.5) is 11.4 Å². The number of nitrogens with two attached hydrogens (primary N) is 1. The van der Waals surface area contributed by atoms with Crippen molar-refractivity contribution in [3.63, 3.8) is 0 Å². The van der Waals surface area contributed by atoms with Crippen molar-refractivity contribution in [2.24, 2.45) is 5.92 Å². The lowest BCUT2D eigenvalue weighted by molar-refractivity contribution is 0.300. The molecule has 2 aliphatic rings. The Morgan fingerprint density at radius 2 is 2.16 bits per heavy atom. The molecule has 1 aromatic carbocycles. The van der Waals surface area contributed by atoms with Gasteiger partial charge in [-0.05, 0) is 49.3 Å². The van der Waals surface area contributed by atoms with Crippen molar-refractivity contribution in [3.8, 4) is 0 Å². The van der Waals surface area contributed by atoms with Gasteiger partial charge in [-0.3, -0.25) is 0 Å². The Bertz CT molecular complexity index is 441. The molecular formula is C17H26N2. The molecule has 1 aromatic rings. The Morgan fingerprint density at radius 1 is 1.26 bits per heavy atom. The number of hydrogen-bond donors (Lipinski definition) is 1. The van der Waals surface area contributed by atoms with Gasteiger partial charge in [0.15, 0.2) is 0 Å². The minimum Gasteiger partial charge on any atom is -0.399 e. The third-order valence-corrected chi connectivity index (χ3v) is 5.04. The van der Waals surface area contributed by atoms with Gasteiger partial charge in [0.25, 0.3) is 0 Å². The number of hydrogen-bond acceptors (Lipinski definition) is 2. The molecule has 1 aliphatic heterocycles. The summed E-state index contributed by atoms with van der Waals surface area (Å²) in [6.45, 7) is 3.56. The molecule has 2 heteroatoms. The van der Waals surface area contributed by atoms with E-state index in [-0.39, 0.29) is 0 Å². The molecular weight excluding hydrogens is 232 g/mol. The van der Waals surface area contributed by atoms with Gasteiger partial charge in [-0.2, -0.15) is 0 Å². The highest BCUT2D eigenvalue weighted by Gasteiger charge is 2.28. The first-order valence-corrected chi connectivity index (χ1v) is 7.93. The van der Waals surface area contributed by atoms with E-state index in [0.29, 0.717) is 0 Å². The third kappa shape index (κ3) is 2.58. The van der Waals surface area contributed by atoms with E-state index in [1.54, 1.807) is 0 Å². The smallest absolute Gasteiger partial charge is 0.0421 e. The summed E-state index contributed by atoms with van der Waals surface area (Å²) in [4.78, 5) is 2.66. The van der Waals surface area contributed by atoms with E-state index in [1.165, 1.54) is 62.7 Å². The Kier molecular flexibility index (Phi) is 3.67. The number of nitrogens with zero attached hydrogens (tertiary/aromatic N) is 1. The van der Waals surface area contributed by atoms with Crippen LogP contribution in [0, 0.1) is 5.92 Å². The highest BCUT2D eigenvalue weighted by atomic mass is 15.2. The maximum absolute atomic E-state index is 6.00. The molecule has 1 fully saturated rings. The van der Waals surface area contributed by atoms with Gasteiger partial charge in [0.05, 0.1) is 0 Å². The summed E-state index contributed by atoms with van der Waals surface area (Å²) in [5.74, 6) is 0.935. The topological polar surface area (TPSA) is 29.3 Å². The molecule has 0 amide bonds. The van der Waals surface area contributed by atoms with E-state index < -0.39 is 0 Å². The second kappa shape index (κ2) is 5.44. The minimum atomic E-state index is 0.750. The van der Waals surface area contributed by atoms with Gasteiger partial charge in [-0.15, -0.1) is 0 Å². The van der Waals surface area contributed by atoms with E-state index in [0.717, 1.165) is 17.6 Å². The molecule has 1 saturated carbocycles. The van der Waals surface area contributed by atoms with Crippen molar-refractivity contribution in [1.82, 2.24) is 0 Å². The van der Waals surface area contributed by atoms with Crippen molar-refractivity contribution < 1.29 is 0 Å². The molecule has 0 aromatic heterocycles. The van der Waals surface area contributed by atoms with E-state index in [1.807, 2.05) is 0 Å². The third-order valence-electron chi connectivity index (χ3n) is 5.04. The molecule has 0 spiro atoms. The molecule has 3 rings (SSSR count). The molecule has 1 aliphatic carbocycles. The second-order valence-corrected chi connectivity index (χ2v) is 6.28. The normalized spacial score (nSPS) is 27.1. The average molecular weight is 258 g/mol. The first-order valence-electron chi connectivity index (χ1n) is 7.93. The molecule has 0 radical (unpaired) electrons. The minimum absolute atomic E-state index is 0.750. The Morgan fingerprint density at radius 3 is 3.00 bits per heavy atom. The van der Waals surface area contributed by atoms with Crippen LogP contribution in [0.2, 0.25) is 0 Å². The van der Waals surface area contributed by atoms with Crippen LogP contribution in [0.3, 0.4) is 0 Å². The standard InChI is InChI=1S/C17H26N2/c1-2-13-5-3-7-16(11-13)19-10-4-6-14-8-9-15(18)12-17(14)19/h8-9,12-13,16H,2-7,10-11,18H2,1H3. The molecule has 2 N–H and O–H groups in total. The Labute approximate surface area is 117 Å². The van der Waals surface area contributed by atoms with Crippen molar-refractivity contribution in [2.45, 2.75) is 57.9 Å². The van der Waals surface area contributed by atoms with E-state index >= 15 is 0 Å². The molecule has 2 unspecified atom stereocenters. The fraction of sp³-hybridized carbons (Fsp3) is 0.647. The van der Waals surface area contributed by atoms with Gasteiger partial charge in [0, 0.05) is 24.0 Å². The summed E-state index contributed by atoms with van der Waals surface area (Å²) in [6, 6.07) is 7.23. The SMILES string of the molecule is CCC1CCCC(N2CCCc3ccc(N)cc32)C1. The fourth-order valence-electron chi connectivity index (χ4n) is 3.92. The lowest BCUT2D eigenvalue weighted by Crippen LogP contribution is -2.42. The number of fused-ring (bicyclic) bond motifs is 1. The molecule has 0 saturated heterocycles. The van der Waals surface area contributed by atoms with Gasteiger partial charge in [-0.1, -0.05) is 32.3 Å². The quantitative estimate of drug-likeness (QED) is 0.813. The van der Waals surface area contributed by atoms with Crippen LogP contribution >= 0.6 is 0 Å². The summed E-state index contributed by atoms with van der Waals surface area (Å²) in [6.07, 6.45) is 9.44. The van der Waals surface area contributed by atoms with Crippen LogP contribution in [0.25, 0.3) is 0 Å². The average Bonchev–Trinajstić information content (AvgIpc) is 2.46. The van der Waals surface area contributed by atoms with Crippen molar-refractivity contribution >= 4 is 11.4 Å². The maximum atomic E-state index is 6.00. The number of aryl methyl sites for hydroxylation is 1. The highest BCUT2D eigenvalue weighted by molar-refractivity contribution is 5.63. The lowest BCUT2D eigenvalue weighted by atomic mass is 9.82. The van der Waals surface area contributed by atoms with Gasteiger partial charge < -0.3 is 10.6 Å². The molecule has 2 nitrogen and oxygen atoms in total. The van der Waals surface area contributed by atoms with Crippen LogP contribution < -0.4 is 10.6 Å². The number of benzene rings is 1. The summed E-state index contributed by atoms with van der Waals surface area (Å²) in [7, 11) is 0. The maximum Gasteiger partial charge on any atom is 0.0421 e. The molecule has 0 bridgehead atoms. The zero-order valence-corrected chi connectivity index (χ0v) is 12.1. The molecule has 2 atom stereocenters. The fourth-order valence-corrected chi connectivity index (χ4v) is 3.92. The highest BCUT2D eigenvalue weighted by Crippen LogP contribution is 2.36. The van der Waals surface area contributed by atoms with Crippen LogP contribution in [0.5, 0.6) is 0 Å². The van der Waals surface area contributed by atoms with Crippen LogP contribution in [-0.2, 0) is 6.42 Å². The predicted octanol–water partition coefficient (Wildman–Crippen LogP) is 3.99. The largest absolute Gasteiger partial charge is 0.399 e. The zero-order chi connectivity index (χ0) is 13.2. The van der Waals surface area contributed by atoms with E-state index in [2.05, 4.69) is 30.0 Å². The van der Waals surface area contributed by atoms with Gasteiger partial charge in [0.2, 0.25) is 0 Å². The van der Waals surface area contributed by atoms with Crippen LogP contribution in [0.15, 0.2) is 18.2 Å². The molecule has 104 valence electrons. The first-order chi connectivity index (χ1) is 9.28.